The molecule has 0 aliphatic carbocycles. The van der Waals surface area contributed by atoms with Gasteiger partial charge in [0.1, 0.15) is 5.00 Å². The zero-order valence-corrected chi connectivity index (χ0v) is 16.6. The monoisotopic (exact) mass is 395 g/mol. The molecule has 26 heavy (non-hydrogen) atoms. The maximum Gasteiger partial charge on any atom is 0.341 e. The largest absolute Gasteiger partial charge is 0.462 e. The number of amides is 1. The molecule has 140 valence electrons. The third-order valence-electron chi connectivity index (χ3n) is 3.59. The average Bonchev–Trinajstić information content (AvgIpc) is 3.20. The van der Waals surface area contributed by atoms with E-state index >= 15 is 0 Å². The predicted molar refractivity (Wildman–Crippen MR) is 102 cm³/mol. The van der Waals surface area contributed by atoms with Crippen molar-refractivity contribution in [1.82, 2.24) is 0 Å². The molecule has 0 fully saturated rings. The first kappa shape index (κ1) is 20.1. The second-order valence-electron chi connectivity index (χ2n) is 5.43. The summed E-state index contributed by atoms with van der Waals surface area (Å²) in [7, 11) is 0. The zero-order valence-electron chi connectivity index (χ0n) is 14.9. The summed E-state index contributed by atoms with van der Waals surface area (Å²) in [4.78, 5) is 37.1. The van der Waals surface area contributed by atoms with Crippen molar-refractivity contribution in [3.8, 4) is 0 Å². The summed E-state index contributed by atoms with van der Waals surface area (Å²) < 4.78 is 10.1. The number of hydrogen-bond acceptors (Lipinski definition) is 7. The van der Waals surface area contributed by atoms with Gasteiger partial charge in [0.05, 0.1) is 18.6 Å². The Bertz CT molecular complexity index is 780. The van der Waals surface area contributed by atoms with Gasteiger partial charge in [-0.3, -0.25) is 9.59 Å². The van der Waals surface area contributed by atoms with E-state index in [0.717, 1.165) is 16.0 Å². The van der Waals surface area contributed by atoms with E-state index in [1.165, 1.54) is 22.7 Å². The minimum atomic E-state index is -0.488. The van der Waals surface area contributed by atoms with Crippen molar-refractivity contribution < 1.29 is 23.9 Å². The number of thiophene rings is 2. The standard InChI is InChI=1S/C18H21NO5S2/c1-4-13-11(3)26-17(16(13)18(22)23-5-2)19-14(20)9-24-15(21)8-12-6-7-25-10-12/h6-7,10H,4-5,8-9H2,1-3H3,(H,19,20). The van der Waals surface area contributed by atoms with E-state index < -0.39 is 24.5 Å². The van der Waals surface area contributed by atoms with Crippen LogP contribution in [0.1, 0.15) is 40.2 Å². The first-order valence-corrected chi connectivity index (χ1v) is 9.98. The Morgan fingerprint density at radius 2 is 1.96 bits per heavy atom. The molecule has 2 aromatic heterocycles. The van der Waals surface area contributed by atoms with Crippen molar-refractivity contribution in [2.75, 3.05) is 18.5 Å². The van der Waals surface area contributed by atoms with Gasteiger partial charge in [0.15, 0.2) is 6.61 Å². The highest BCUT2D eigenvalue weighted by Crippen LogP contribution is 2.34. The Hall–Kier alpha value is -2.19. The lowest BCUT2D eigenvalue weighted by molar-refractivity contribution is -0.146. The second kappa shape index (κ2) is 9.49. The van der Waals surface area contributed by atoms with E-state index in [1.807, 2.05) is 30.7 Å². The average molecular weight is 396 g/mol. The van der Waals surface area contributed by atoms with Crippen LogP contribution >= 0.6 is 22.7 Å². The summed E-state index contributed by atoms with van der Waals surface area (Å²) in [6.07, 6.45) is 0.783. The summed E-state index contributed by atoms with van der Waals surface area (Å²) in [6.45, 7) is 5.42. The van der Waals surface area contributed by atoms with Crippen LogP contribution in [0.25, 0.3) is 0 Å². The zero-order chi connectivity index (χ0) is 19.1. The molecule has 6 nitrogen and oxygen atoms in total. The van der Waals surface area contributed by atoms with Gasteiger partial charge in [-0.25, -0.2) is 4.79 Å². The van der Waals surface area contributed by atoms with Gasteiger partial charge in [0.2, 0.25) is 0 Å². The molecule has 0 saturated heterocycles. The highest BCUT2D eigenvalue weighted by molar-refractivity contribution is 7.16. The van der Waals surface area contributed by atoms with Crippen LogP contribution in [0.15, 0.2) is 16.8 Å². The molecule has 0 bridgehead atoms. The van der Waals surface area contributed by atoms with E-state index in [2.05, 4.69) is 5.32 Å². The van der Waals surface area contributed by atoms with Gasteiger partial charge in [-0.2, -0.15) is 11.3 Å². The van der Waals surface area contributed by atoms with E-state index in [0.29, 0.717) is 17.0 Å². The maximum atomic E-state index is 12.2. The quantitative estimate of drug-likeness (QED) is 0.691. The first-order valence-electron chi connectivity index (χ1n) is 8.22. The summed E-state index contributed by atoms with van der Waals surface area (Å²) in [5.41, 5.74) is 2.10. The molecular formula is C18H21NO5S2. The van der Waals surface area contributed by atoms with Crippen molar-refractivity contribution in [2.45, 2.75) is 33.6 Å². The molecule has 0 spiro atoms. The van der Waals surface area contributed by atoms with E-state index in [4.69, 9.17) is 9.47 Å². The molecular weight excluding hydrogens is 374 g/mol. The number of ether oxygens (including phenoxy) is 2. The normalized spacial score (nSPS) is 10.4. The third kappa shape index (κ3) is 5.15. The molecule has 0 radical (unpaired) electrons. The van der Waals surface area contributed by atoms with E-state index in [-0.39, 0.29) is 13.0 Å². The number of carbonyl (C=O) groups excluding carboxylic acids is 3. The summed E-state index contributed by atoms with van der Waals surface area (Å²) >= 11 is 2.81. The minimum absolute atomic E-state index is 0.128. The van der Waals surface area contributed by atoms with E-state index in [9.17, 15) is 14.4 Å². The lowest BCUT2D eigenvalue weighted by Gasteiger charge is -2.08. The minimum Gasteiger partial charge on any atom is -0.462 e. The molecule has 0 unspecified atom stereocenters. The summed E-state index contributed by atoms with van der Waals surface area (Å²) in [6, 6.07) is 1.83. The number of hydrogen-bond donors (Lipinski definition) is 1. The summed E-state index contributed by atoms with van der Waals surface area (Å²) in [5, 5.41) is 6.82. The van der Waals surface area contributed by atoms with Crippen molar-refractivity contribution in [3.63, 3.8) is 0 Å². The van der Waals surface area contributed by atoms with Gasteiger partial charge in [-0.05, 0) is 48.2 Å². The van der Waals surface area contributed by atoms with Crippen molar-refractivity contribution in [3.05, 3.63) is 38.4 Å². The number of nitrogens with one attached hydrogen (secondary N) is 1. The van der Waals surface area contributed by atoms with Crippen molar-refractivity contribution >= 4 is 45.5 Å². The van der Waals surface area contributed by atoms with Gasteiger partial charge in [0, 0.05) is 4.88 Å². The molecule has 0 atom stereocenters. The van der Waals surface area contributed by atoms with Gasteiger partial charge in [-0.1, -0.05) is 6.92 Å². The fourth-order valence-corrected chi connectivity index (χ4v) is 4.25. The highest BCUT2D eigenvalue weighted by Gasteiger charge is 2.23. The van der Waals surface area contributed by atoms with E-state index in [1.54, 1.807) is 6.92 Å². The fraction of sp³-hybridized carbons (Fsp3) is 0.389. The van der Waals surface area contributed by atoms with Gasteiger partial charge >= 0.3 is 11.9 Å². The van der Waals surface area contributed by atoms with Crippen LogP contribution in [-0.4, -0.2) is 31.1 Å². The molecule has 8 heteroatoms. The van der Waals surface area contributed by atoms with Crippen LogP contribution in [0.4, 0.5) is 5.00 Å². The lowest BCUT2D eigenvalue weighted by atomic mass is 10.1. The Morgan fingerprint density at radius 1 is 1.19 bits per heavy atom. The summed E-state index contributed by atoms with van der Waals surface area (Å²) in [5.74, 6) is -1.42. The van der Waals surface area contributed by atoms with Gasteiger partial charge in [-0.15, -0.1) is 11.3 Å². The predicted octanol–water partition coefficient (Wildman–Crippen LogP) is 3.58. The molecule has 2 aromatic rings. The third-order valence-corrected chi connectivity index (χ3v) is 5.38. The number of esters is 2. The molecule has 1 amide bonds. The van der Waals surface area contributed by atoms with Crippen molar-refractivity contribution in [2.24, 2.45) is 0 Å². The first-order chi connectivity index (χ1) is 12.5. The van der Waals surface area contributed by atoms with Gasteiger partial charge in [0.25, 0.3) is 5.91 Å². The molecule has 2 heterocycles. The Balaban J connectivity index is 1.99. The van der Waals surface area contributed by atoms with Crippen LogP contribution in [-0.2, 0) is 31.9 Å². The Kier molecular flexibility index (Phi) is 7.35. The Morgan fingerprint density at radius 3 is 2.58 bits per heavy atom. The second-order valence-corrected chi connectivity index (χ2v) is 7.44. The molecule has 0 aromatic carbocycles. The Labute approximate surface area is 160 Å². The number of anilines is 1. The maximum absolute atomic E-state index is 12.2. The molecule has 0 saturated carbocycles. The van der Waals surface area contributed by atoms with Gasteiger partial charge < -0.3 is 14.8 Å². The van der Waals surface area contributed by atoms with Crippen molar-refractivity contribution in [1.29, 1.82) is 0 Å². The number of rotatable bonds is 8. The van der Waals surface area contributed by atoms with Crippen LogP contribution in [0.2, 0.25) is 0 Å². The lowest BCUT2D eigenvalue weighted by Crippen LogP contribution is -2.22. The molecule has 0 aliphatic heterocycles. The SMILES string of the molecule is CCOC(=O)c1c(NC(=O)COC(=O)Cc2ccsc2)sc(C)c1CC. The highest BCUT2D eigenvalue weighted by atomic mass is 32.1. The number of aryl methyl sites for hydroxylation is 1. The molecule has 1 N–H and O–H groups in total. The van der Waals surface area contributed by atoms with Crippen LogP contribution in [0.3, 0.4) is 0 Å². The smallest absolute Gasteiger partial charge is 0.341 e. The van der Waals surface area contributed by atoms with Crippen LogP contribution < -0.4 is 5.32 Å². The fourth-order valence-electron chi connectivity index (χ4n) is 2.43. The van der Waals surface area contributed by atoms with Crippen LogP contribution in [0, 0.1) is 6.92 Å². The topological polar surface area (TPSA) is 81.7 Å². The molecule has 2 rings (SSSR count). The molecule has 0 aliphatic rings. The number of carbonyl (C=O) groups is 3. The van der Waals surface area contributed by atoms with Crippen LogP contribution in [0.5, 0.6) is 0 Å².